The number of hydrogen-bond donors (Lipinski definition) is 1. The predicted octanol–water partition coefficient (Wildman–Crippen LogP) is 4.24. The van der Waals surface area contributed by atoms with Crippen molar-refractivity contribution in [3.05, 3.63) is 33.1 Å². The van der Waals surface area contributed by atoms with Crippen LogP contribution in [0.2, 0.25) is 5.02 Å². The predicted molar refractivity (Wildman–Crippen MR) is 70.6 cm³/mol. The molecule has 0 heterocycles. The third kappa shape index (κ3) is 3.57. The molecule has 0 fully saturated rings. The van der Waals surface area contributed by atoms with Crippen LogP contribution in [-0.4, -0.2) is 11.5 Å². The second-order valence-corrected chi connectivity index (χ2v) is 5.32. The van der Waals surface area contributed by atoms with Crippen molar-refractivity contribution in [1.29, 1.82) is 0 Å². The van der Waals surface area contributed by atoms with Gasteiger partial charge >= 0.3 is 0 Å². The lowest BCUT2D eigenvalue weighted by molar-refractivity contribution is -0.384. The highest BCUT2D eigenvalue weighted by atomic mass is 35.5. The summed E-state index contributed by atoms with van der Waals surface area (Å²) < 4.78 is 13.3. The molecule has 0 spiro atoms. The fourth-order valence-corrected chi connectivity index (χ4v) is 1.45. The van der Waals surface area contributed by atoms with Crippen molar-refractivity contribution in [2.45, 2.75) is 27.2 Å². The molecule has 1 N–H and O–H groups in total. The minimum Gasteiger partial charge on any atom is -0.379 e. The van der Waals surface area contributed by atoms with Crippen LogP contribution in [-0.2, 0) is 0 Å². The van der Waals surface area contributed by atoms with Crippen molar-refractivity contribution in [2.75, 3.05) is 11.9 Å². The highest BCUT2D eigenvalue weighted by Gasteiger charge is 2.20. The summed E-state index contributed by atoms with van der Waals surface area (Å²) in [5, 5.41) is 13.5. The van der Waals surface area contributed by atoms with E-state index < -0.39 is 10.7 Å². The lowest BCUT2D eigenvalue weighted by Crippen LogP contribution is -2.22. The van der Waals surface area contributed by atoms with Crippen molar-refractivity contribution in [2.24, 2.45) is 5.41 Å². The van der Waals surface area contributed by atoms with Crippen LogP contribution in [0.3, 0.4) is 0 Å². The lowest BCUT2D eigenvalue weighted by atomic mass is 9.90. The van der Waals surface area contributed by atoms with Gasteiger partial charge in [-0.25, -0.2) is 4.39 Å². The zero-order chi connectivity index (χ0) is 13.9. The molecule has 6 heteroatoms. The van der Waals surface area contributed by atoms with E-state index in [1.165, 1.54) is 0 Å². The van der Waals surface area contributed by atoms with E-state index >= 15 is 0 Å². The van der Waals surface area contributed by atoms with E-state index in [0.29, 0.717) is 6.54 Å². The molecule has 0 radical (unpaired) electrons. The Bertz CT molecular complexity index is 464. The Labute approximate surface area is 110 Å². The Morgan fingerprint density at radius 1 is 1.50 bits per heavy atom. The van der Waals surface area contributed by atoms with E-state index in [1.54, 1.807) is 0 Å². The molecule has 0 aliphatic heterocycles. The van der Waals surface area contributed by atoms with Crippen molar-refractivity contribution in [3.8, 4) is 0 Å². The molecule has 0 aliphatic carbocycles. The van der Waals surface area contributed by atoms with E-state index in [9.17, 15) is 14.5 Å². The summed E-state index contributed by atoms with van der Waals surface area (Å²) >= 11 is 5.54. The number of benzene rings is 1. The molecule has 100 valence electrons. The van der Waals surface area contributed by atoms with Crippen LogP contribution < -0.4 is 5.32 Å². The third-order valence-electron chi connectivity index (χ3n) is 2.95. The Kier molecular flexibility index (Phi) is 4.51. The summed E-state index contributed by atoms with van der Waals surface area (Å²) in [4.78, 5) is 10.3. The zero-order valence-electron chi connectivity index (χ0n) is 10.6. The average molecular weight is 275 g/mol. The number of nitrogens with one attached hydrogen (secondary N) is 1. The van der Waals surface area contributed by atoms with Gasteiger partial charge in [0.15, 0.2) is 0 Å². The first-order valence-electron chi connectivity index (χ1n) is 5.64. The minimum atomic E-state index is -0.668. The summed E-state index contributed by atoms with van der Waals surface area (Å²) in [6.07, 6.45) is 0.907. The first kappa shape index (κ1) is 14.7. The van der Waals surface area contributed by atoms with Gasteiger partial charge in [0.25, 0.3) is 5.69 Å². The van der Waals surface area contributed by atoms with Gasteiger partial charge in [-0.2, -0.15) is 0 Å². The molecule has 18 heavy (non-hydrogen) atoms. The van der Waals surface area contributed by atoms with Gasteiger partial charge in [-0.3, -0.25) is 10.1 Å². The maximum atomic E-state index is 13.3. The molecule has 0 amide bonds. The molecule has 0 aliphatic rings. The molecule has 0 aromatic heterocycles. The second-order valence-electron chi connectivity index (χ2n) is 4.91. The summed E-state index contributed by atoms with van der Waals surface area (Å²) in [6.45, 7) is 6.60. The van der Waals surface area contributed by atoms with Crippen molar-refractivity contribution in [3.63, 3.8) is 0 Å². The van der Waals surface area contributed by atoms with Gasteiger partial charge in [0.2, 0.25) is 0 Å². The van der Waals surface area contributed by atoms with Crippen LogP contribution in [0.15, 0.2) is 12.1 Å². The second kappa shape index (κ2) is 5.52. The topological polar surface area (TPSA) is 55.2 Å². The molecule has 1 aromatic carbocycles. The number of rotatable bonds is 5. The smallest absolute Gasteiger partial charge is 0.294 e. The largest absolute Gasteiger partial charge is 0.379 e. The van der Waals surface area contributed by atoms with Crippen molar-refractivity contribution < 1.29 is 9.31 Å². The molecule has 0 atom stereocenters. The van der Waals surface area contributed by atoms with Crippen LogP contribution in [0, 0.1) is 21.3 Å². The Morgan fingerprint density at radius 2 is 2.11 bits per heavy atom. The van der Waals surface area contributed by atoms with Crippen molar-refractivity contribution in [1.82, 2.24) is 0 Å². The normalized spacial score (nSPS) is 11.4. The number of anilines is 1. The summed E-state index contributed by atoms with van der Waals surface area (Å²) in [5.41, 5.74) is -0.0824. The van der Waals surface area contributed by atoms with E-state index in [4.69, 9.17) is 11.6 Å². The van der Waals surface area contributed by atoms with Crippen LogP contribution in [0.4, 0.5) is 15.8 Å². The standard InChI is InChI=1S/C12H16ClFN2O2/c1-4-12(2,3)7-15-10-6-9(14)8(13)5-11(10)16(17)18/h5-6,15H,4,7H2,1-3H3. The quantitative estimate of drug-likeness (QED) is 0.645. The summed E-state index contributed by atoms with van der Waals surface area (Å²) in [6, 6.07) is 2.09. The maximum Gasteiger partial charge on any atom is 0.294 e. The van der Waals surface area contributed by atoms with Crippen LogP contribution >= 0.6 is 11.6 Å². The average Bonchev–Trinajstić information content (AvgIpc) is 2.30. The number of nitro benzene ring substituents is 1. The molecular weight excluding hydrogens is 259 g/mol. The summed E-state index contributed by atoms with van der Waals surface area (Å²) in [7, 11) is 0. The number of hydrogen-bond acceptors (Lipinski definition) is 3. The van der Waals surface area contributed by atoms with E-state index in [0.717, 1.165) is 18.6 Å². The number of nitrogens with zero attached hydrogens (tertiary/aromatic N) is 1. The van der Waals surface area contributed by atoms with E-state index in [1.807, 2.05) is 20.8 Å². The molecule has 0 bridgehead atoms. The fourth-order valence-electron chi connectivity index (χ4n) is 1.29. The van der Waals surface area contributed by atoms with Crippen LogP contribution in [0.25, 0.3) is 0 Å². The Morgan fingerprint density at radius 3 is 2.61 bits per heavy atom. The first-order valence-corrected chi connectivity index (χ1v) is 6.02. The van der Waals surface area contributed by atoms with Gasteiger partial charge < -0.3 is 5.32 Å². The highest BCUT2D eigenvalue weighted by molar-refractivity contribution is 6.31. The van der Waals surface area contributed by atoms with Crippen molar-refractivity contribution >= 4 is 23.0 Å². The van der Waals surface area contributed by atoms with Gasteiger partial charge in [-0.05, 0) is 11.8 Å². The molecule has 0 saturated carbocycles. The van der Waals surface area contributed by atoms with Gasteiger partial charge in [0, 0.05) is 18.7 Å². The highest BCUT2D eigenvalue weighted by Crippen LogP contribution is 2.31. The van der Waals surface area contributed by atoms with Gasteiger partial charge in [0.1, 0.15) is 11.5 Å². The lowest BCUT2D eigenvalue weighted by Gasteiger charge is -2.23. The van der Waals surface area contributed by atoms with Crippen LogP contribution in [0.1, 0.15) is 27.2 Å². The van der Waals surface area contributed by atoms with Gasteiger partial charge in [-0.15, -0.1) is 0 Å². The minimum absolute atomic E-state index is 0.0238. The van der Waals surface area contributed by atoms with Gasteiger partial charge in [0.05, 0.1) is 9.95 Å². The fraction of sp³-hybridized carbons (Fsp3) is 0.500. The number of nitro groups is 1. The number of halogens is 2. The molecule has 1 rings (SSSR count). The zero-order valence-corrected chi connectivity index (χ0v) is 11.3. The van der Waals surface area contributed by atoms with E-state index in [2.05, 4.69) is 5.32 Å². The molecule has 0 saturated heterocycles. The SMILES string of the molecule is CCC(C)(C)CNc1cc(F)c(Cl)cc1[N+](=O)[O-]. The molecule has 1 aromatic rings. The van der Waals surface area contributed by atoms with E-state index in [-0.39, 0.29) is 21.8 Å². The molecule has 4 nitrogen and oxygen atoms in total. The molecular formula is C12H16ClFN2O2. The maximum absolute atomic E-state index is 13.3. The first-order chi connectivity index (χ1) is 8.26. The Balaban J connectivity index is 3.01. The van der Waals surface area contributed by atoms with Gasteiger partial charge in [-0.1, -0.05) is 32.4 Å². The third-order valence-corrected chi connectivity index (χ3v) is 3.24. The van der Waals surface area contributed by atoms with Crippen LogP contribution in [0.5, 0.6) is 0 Å². The Hall–Kier alpha value is -1.36. The monoisotopic (exact) mass is 274 g/mol. The summed E-state index contributed by atoms with van der Waals surface area (Å²) in [5.74, 6) is -0.668. The molecule has 0 unspecified atom stereocenters.